The van der Waals surface area contributed by atoms with Gasteiger partial charge in [-0.25, -0.2) is 4.79 Å². The molecule has 0 aliphatic heterocycles. The van der Waals surface area contributed by atoms with Crippen molar-refractivity contribution in [1.29, 1.82) is 5.26 Å². The van der Waals surface area contributed by atoms with Crippen LogP contribution in [0, 0.1) is 11.3 Å². The number of pyridine rings is 1. The fourth-order valence-electron chi connectivity index (χ4n) is 3.99. The fraction of sp³-hybridized carbons (Fsp3) is 0.476. The van der Waals surface area contributed by atoms with E-state index in [4.69, 9.17) is 5.26 Å². The summed E-state index contributed by atoms with van der Waals surface area (Å²) in [4.78, 5) is 18.1. The Bertz CT molecular complexity index is 873. The first-order chi connectivity index (χ1) is 12.3. The van der Waals surface area contributed by atoms with Gasteiger partial charge in [-0.1, -0.05) is 12.1 Å². The van der Waals surface area contributed by atoms with Crippen LogP contribution in [-0.4, -0.2) is 32.2 Å². The van der Waals surface area contributed by atoms with Gasteiger partial charge in [-0.2, -0.15) is 5.26 Å². The van der Waals surface area contributed by atoms with Crippen molar-refractivity contribution in [3.8, 4) is 6.07 Å². The van der Waals surface area contributed by atoms with Gasteiger partial charge >= 0.3 is 6.09 Å². The van der Waals surface area contributed by atoms with E-state index >= 15 is 0 Å². The number of nitriles is 1. The van der Waals surface area contributed by atoms with E-state index in [1.165, 1.54) is 0 Å². The maximum Gasteiger partial charge on any atom is 0.408 e. The van der Waals surface area contributed by atoms with Crippen LogP contribution in [0.15, 0.2) is 30.5 Å². The highest BCUT2D eigenvalue weighted by molar-refractivity contribution is 5.83. The van der Waals surface area contributed by atoms with Gasteiger partial charge in [0.25, 0.3) is 0 Å². The van der Waals surface area contributed by atoms with E-state index in [-0.39, 0.29) is 5.54 Å². The number of aromatic nitrogens is 1. The molecule has 136 valence electrons. The van der Waals surface area contributed by atoms with Gasteiger partial charge < -0.3 is 5.11 Å². The van der Waals surface area contributed by atoms with Gasteiger partial charge in [0, 0.05) is 23.5 Å². The van der Waals surface area contributed by atoms with Crippen LogP contribution in [0.5, 0.6) is 0 Å². The molecule has 1 N–H and O–H groups in total. The molecule has 26 heavy (non-hydrogen) atoms. The maximum atomic E-state index is 12.0. The van der Waals surface area contributed by atoms with Gasteiger partial charge in [0.2, 0.25) is 0 Å². The molecule has 0 radical (unpaired) electrons. The smallest absolute Gasteiger partial charge is 0.408 e. The van der Waals surface area contributed by atoms with Crippen LogP contribution in [0.3, 0.4) is 0 Å². The minimum Gasteiger partial charge on any atom is -0.465 e. The summed E-state index contributed by atoms with van der Waals surface area (Å²) in [5.41, 5.74) is 2.30. The molecule has 5 heteroatoms. The van der Waals surface area contributed by atoms with Gasteiger partial charge in [-0.15, -0.1) is 0 Å². The molecule has 1 saturated carbocycles. The van der Waals surface area contributed by atoms with E-state index in [1.807, 2.05) is 32.9 Å². The lowest BCUT2D eigenvalue weighted by atomic mass is 9.93. The number of nitrogens with zero attached hydrogens (tertiary/aromatic N) is 3. The van der Waals surface area contributed by atoms with Crippen LogP contribution in [-0.2, 0) is 12.8 Å². The molecule has 0 unspecified atom stereocenters. The fourth-order valence-corrected chi connectivity index (χ4v) is 3.99. The molecular weight excluding hydrogens is 326 g/mol. The van der Waals surface area contributed by atoms with Crippen molar-refractivity contribution in [2.24, 2.45) is 0 Å². The molecule has 0 saturated heterocycles. The summed E-state index contributed by atoms with van der Waals surface area (Å²) >= 11 is 0. The number of fused-ring (bicyclic) bond motifs is 1. The Hall–Kier alpha value is -2.61. The Kier molecular flexibility index (Phi) is 4.62. The normalized spacial score (nSPS) is 15.5. The summed E-state index contributed by atoms with van der Waals surface area (Å²) < 4.78 is 0. The summed E-state index contributed by atoms with van der Waals surface area (Å²) in [6.07, 6.45) is 4.47. The van der Waals surface area contributed by atoms with Gasteiger partial charge in [-0.3, -0.25) is 9.88 Å². The number of benzene rings is 1. The highest BCUT2D eigenvalue weighted by Crippen LogP contribution is 2.48. The standard InChI is InChI=1S/C21H25N3O2/c1-20(2,3)24(19(25)26)21(8-9-21)14-17-13-15(6-4-10-22)12-16-7-5-11-23-18(16)17/h5,7,11-13H,4,6,8-9,14H2,1-3H3,(H,25,26). The number of rotatable bonds is 5. The molecule has 1 aliphatic rings. The average Bonchev–Trinajstić information content (AvgIpc) is 3.30. The molecule has 5 nitrogen and oxygen atoms in total. The second-order valence-electron chi connectivity index (χ2n) is 8.18. The summed E-state index contributed by atoms with van der Waals surface area (Å²) in [5, 5.41) is 19.8. The maximum absolute atomic E-state index is 12.0. The van der Waals surface area contributed by atoms with Crippen molar-refractivity contribution >= 4 is 17.0 Å². The first-order valence-electron chi connectivity index (χ1n) is 9.04. The average molecular weight is 351 g/mol. The molecule has 0 atom stereocenters. The number of carbonyl (C=O) groups is 1. The van der Waals surface area contributed by atoms with E-state index in [1.54, 1.807) is 11.1 Å². The quantitative estimate of drug-likeness (QED) is 0.857. The SMILES string of the molecule is CC(C)(C)N(C(=O)O)C1(Cc2cc(CCC#N)cc3cccnc23)CC1. The zero-order valence-electron chi connectivity index (χ0n) is 15.6. The molecule has 1 heterocycles. The first-order valence-corrected chi connectivity index (χ1v) is 9.04. The first kappa shape index (κ1) is 18.2. The molecule has 1 fully saturated rings. The lowest BCUT2D eigenvalue weighted by Gasteiger charge is -2.40. The summed E-state index contributed by atoms with van der Waals surface area (Å²) in [7, 11) is 0. The number of aryl methyl sites for hydroxylation is 1. The molecule has 1 aromatic heterocycles. The Morgan fingerprint density at radius 2 is 2.12 bits per heavy atom. The zero-order chi connectivity index (χ0) is 18.9. The second kappa shape index (κ2) is 6.60. The van der Waals surface area contributed by atoms with Gasteiger partial charge in [0.05, 0.1) is 17.1 Å². The van der Waals surface area contributed by atoms with Crippen LogP contribution in [0.25, 0.3) is 10.9 Å². The number of hydrogen-bond acceptors (Lipinski definition) is 3. The summed E-state index contributed by atoms with van der Waals surface area (Å²) in [5.74, 6) is 0. The Morgan fingerprint density at radius 3 is 2.69 bits per heavy atom. The predicted octanol–water partition coefficient (Wildman–Crippen LogP) is 4.54. The van der Waals surface area contributed by atoms with Gasteiger partial charge in [-0.05, 0) is 69.7 Å². The van der Waals surface area contributed by atoms with E-state index in [2.05, 4.69) is 23.2 Å². The highest BCUT2D eigenvalue weighted by atomic mass is 16.4. The molecule has 3 rings (SSSR count). The summed E-state index contributed by atoms with van der Waals surface area (Å²) in [6.45, 7) is 5.84. The monoisotopic (exact) mass is 351 g/mol. The lowest BCUT2D eigenvalue weighted by Crippen LogP contribution is -2.53. The topological polar surface area (TPSA) is 77.2 Å². The van der Waals surface area contributed by atoms with Crippen LogP contribution < -0.4 is 0 Å². The molecule has 1 amide bonds. The van der Waals surface area contributed by atoms with Crippen molar-refractivity contribution < 1.29 is 9.90 Å². The van der Waals surface area contributed by atoms with Crippen molar-refractivity contribution in [2.75, 3.05) is 0 Å². The molecule has 0 spiro atoms. The third kappa shape index (κ3) is 3.50. The molecule has 2 aromatic rings. The van der Waals surface area contributed by atoms with Crippen molar-refractivity contribution in [3.63, 3.8) is 0 Å². The molecule has 0 bridgehead atoms. The Morgan fingerprint density at radius 1 is 1.38 bits per heavy atom. The minimum absolute atomic E-state index is 0.359. The lowest BCUT2D eigenvalue weighted by molar-refractivity contribution is 0.0607. The Labute approximate surface area is 154 Å². The van der Waals surface area contributed by atoms with Crippen LogP contribution >= 0.6 is 0 Å². The third-order valence-corrected chi connectivity index (χ3v) is 5.05. The minimum atomic E-state index is -0.868. The van der Waals surface area contributed by atoms with E-state index in [0.29, 0.717) is 19.3 Å². The summed E-state index contributed by atoms with van der Waals surface area (Å²) in [6, 6.07) is 10.3. The van der Waals surface area contributed by atoms with Crippen LogP contribution in [0.2, 0.25) is 0 Å². The van der Waals surface area contributed by atoms with Gasteiger partial charge in [0.15, 0.2) is 0 Å². The number of amides is 1. The third-order valence-electron chi connectivity index (χ3n) is 5.05. The van der Waals surface area contributed by atoms with Crippen molar-refractivity contribution in [1.82, 2.24) is 9.88 Å². The molecule has 1 aliphatic carbocycles. The highest BCUT2D eigenvalue weighted by Gasteiger charge is 2.54. The van der Waals surface area contributed by atoms with Crippen molar-refractivity contribution in [2.45, 2.75) is 64.0 Å². The second-order valence-corrected chi connectivity index (χ2v) is 8.18. The molecule has 1 aromatic carbocycles. The van der Waals surface area contributed by atoms with E-state index < -0.39 is 11.6 Å². The van der Waals surface area contributed by atoms with E-state index in [9.17, 15) is 9.90 Å². The van der Waals surface area contributed by atoms with Crippen LogP contribution in [0.1, 0.15) is 51.2 Å². The number of hydrogen-bond donors (Lipinski definition) is 1. The van der Waals surface area contributed by atoms with Crippen molar-refractivity contribution in [3.05, 3.63) is 41.6 Å². The zero-order valence-corrected chi connectivity index (χ0v) is 15.6. The van der Waals surface area contributed by atoms with Gasteiger partial charge in [0.1, 0.15) is 0 Å². The molecular formula is C21H25N3O2. The number of carboxylic acid groups (broad SMARTS) is 1. The largest absolute Gasteiger partial charge is 0.465 e. The Balaban J connectivity index is 2.02. The van der Waals surface area contributed by atoms with E-state index in [0.717, 1.165) is 34.9 Å². The predicted molar refractivity (Wildman–Crippen MR) is 101 cm³/mol. The van der Waals surface area contributed by atoms with Crippen LogP contribution in [0.4, 0.5) is 4.79 Å².